The van der Waals surface area contributed by atoms with Crippen LogP contribution in [0.4, 0.5) is 0 Å². The molecule has 0 spiro atoms. The average Bonchev–Trinajstić information content (AvgIpc) is 2.87. The molecule has 1 heterocycles. The molecule has 1 aliphatic rings. The molecular formula is C15H22N6O2S. The number of amidine groups is 1. The van der Waals surface area contributed by atoms with E-state index in [1.807, 2.05) is 20.8 Å². The quantitative estimate of drug-likeness (QED) is 0.552. The number of sulfonamides is 1. The van der Waals surface area contributed by atoms with Gasteiger partial charge in [-0.1, -0.05) is 26.0 Å². The normalized spacial score (nSPS) is 17.1. The van der Waals surface area contributed by atoms with E-state index >= 15 is 0 Å². The van der Waals surface area contributed by atoms with Crippen LogP contribution in [-0.4, -0.2) is 44.5 Å². The van der Waals surface area contributed by atoms with E-state index in [4.69, 9.17) is 11.1 Å². The summed E-state index contributed by atoms with van der Waals surface area (Å²) in [5.74, 6) is -0.0204. The van der Waals surface area contributed by atoms with Crippen LogP contribution in [0.15, 0.2) is 39.3 Å². The SMILES string of the molecule is CCN=C(NS(=O)(=O)c1cccc(C(=N)N)c1)N1CC(C)(C)C=N1. The maximum Gasteiger partial charge on any atom is 0.264 e. The zero-order chi connectivity index (χ0) is 18.0. The third kappa shape index (κ3) is 4.10. The largest absolute Gasteiger partial charge is 0.384 e. The van der Waals surface area contributed by atoms with E-state index in [0.717, 1.165) is 0 Å². The molecule has 24 heavy (non-hydrogen) atoms. The van der Waals surface area contributed by atoms with Crippen molar-refractivity contribution in [3.8, 4) is 0 Å². The summed E-state index contributed by atoms with van der Waals surface area (Å²) in [6.07, 6.45) is 1.77. The molecule has 1 aliphatic heterocycles. The second-order valence-electron chi connectivity index (χ2n) is 6.14. The maximum absolute atomic E-state index is 12.6. The summed E-state index contributed by atoms with van der Waals surface area (Å²) in [7, 11) is -3.86. The molecule has 0 saturated carbocycles. The third-order valence-electron chi connectivity index (χ3n) is 3.34. The lowest BCUT2D eigenvalue weighted by Crippen LogP contribution is -2.42. The molecular weight excluding hydrogens is 328 g/mol. The van der Waals surface area contributed by atoms with Crippen LogP contribution in [-0.2, 0) is 10.0 Å². The minimum atomic E-state index is -3.86. The molecule has 4 N–H and O–H groups in total. The number of guanidine groups is 1. The zero-order valence-corrected chi connectivity index (χ0v) is 14.8. The first-order chi connectivity index (χ1) is 11.1. The van der Waals surface area contributed by atoms with Gasteiger partial charge in [-0.05, 0) is 19.1 Å². The van der Waals surface area contributed by atoms with E-state index in [1.165, 1.54) is 17.1 Å². The lowest BCUT2D eigenvalue weighted by atomic mass is 9.97. The van der Waals surface area contributed by atoms with Crippen LogP contribution < -0.4 is 10.5 Å². The smallest absolute Gasteiger partial charge is 0.264 e. The molecule has 0 aliphatic carbocycles. The third-order valence-corrected chi connectivity index (χ3v) is 4.66. The fourth-order valence-electron chi connectivity index (χ4n) is 2.15. The van der Waals surface area contributed by atoms with Crippen LogP contribution in [0.1, 0.15) is 26.3 Å². The molecule has 8 nitrogen and oxygen atoms in total. The van der Waals surface area contributed by atoms with Gasteiger partial charge in [0, 0.05) is 23.7 Å². The fraction of sp³-hybridized carbons (Fsp3) is 0.400. The Bertz CT molecular complexity index is 798. The second-order valence-corrected chi connectivity index (χ2v) is 7.82. The van der Waals surface area contributed by atoms with Crippen molar-refractivity contribution in [3.05, 3.63) is 29.8 Å². The number of benzene rings is 1. The van der Waals surface area contributed by atoms with Crippen molar-refractivity contribution in [2.45, 2.75) is 25.7 Å². The van der Waals surface area contributed by atoms with Gasteiger partial charge >= 0.3 is 0 Å². The van der Waals surface area contributed by atoms with Crippen LogP contribution in [0.2, 0.25) is 0 Å². The molecule has 130 valence electrons. The summed E-state index contributed by atoms with van der Waals surface area (Å²) in [4.78, 5) is 4.23. The fourth-order valence-corrected chi connectivity index (χ4v) is 3.22. The number of hydrogen-bond acceptors (Lipinski definition) is 5. The van der Waals surface area contributed by atoms with Crippen molar-refractivity contribution in [3.63, 3.8) is 0 Å². The Kier molecular flexibility index (Phi) is 4.93. The number of hydrogen-bond donors (Lipinski definition) is 3. The van der Waals surface area contributed by atoms with Gasteiger partial charge in [-0.15, -0.1) is 0 Å². The topological polar surface area (TPSA) is 124 Å². The van der Waals surface area contributed by atoms with Crippen LogP contribution in [0.25, 0.3) is 0 Å². The second kappa shape index (κ2) is 6.60. The highest BCUT2D eigenvalue weighted by Gasteiger charge is 2.30. The molecule has 0 unspecified atom stereocenters. The monoisotopic (exact) mass is 350 g/mol. The van der Waals surface area contributed by atoms with Gasteiger partial charge in [-0.25, -0.2) is 18.1 Å². The molecule has 0 amide bonds. The number of nitrogens with one attached hydrogen (secondary N) is 2. The minimum absolute atomic E-state index is 0.0152. The molecule has 0 saturated heterocycles. The summed E-state index contributed by atoms with van der Waals surface area (Å²) in [5.41, 5.74) is 5.60. The van der Waals surface area contributed by atoms with Crippen molar-refractivity contribution in [1.29, 1.82) is 5.41 Å². The first-order valence-electron chi connectivity index (χ1n) is 7.49. The summed E-state index contributed by atoms with van der Waals surface area (Å²) in [6.45, 7) is 6.77. The van der Waals surface area contributed by atoms with Crippen molar-refractivity contribution >= 4 is 28.0 Å². The molecule has 2 rings (SSSR count). The molecule has 0 radical (unpaired) electrons. The van der Waals surface area contributed by atoms with E-state index < -0.39 is 10.0 Å². The van der Waals surface area contributed by atoms with Gasteiger partial charge < -0.3 is 5.73 Å². The highest BCUT2D eigenvalue weighted by Crippen LogP contribution is 2.21. The lowest BCUT2D eigenvalue weighted by molar-refractivity contribution is 0.379. The number of nitrogen functional groups attached to an aromatic ring is 1. The van der Waals surface area contributed by atoms with E-state index in [0.29, 0.717) is 18.7 Å². The highest BCUT2D eigenvalue weighted by atomic mass is 32.2. The van der Waals surface area contributed by atoms with Gasteiger partial charge in [0.05, 0.1) is 11.4 Å². The van der Waals surface area contributed by atoms with E-state index in [9.17, 15) is 8.42 Å². The maximum atomic E-state index is 12.6. The van der Waals surface area contributed by atoms with Crippen LogP contribution >= 0.6 is 0 Å². The predicted molar refractivity (Wildman–Crippen MR) is 94.7 cm³/mol. The summed E-state index contributed by atoms with van der Waals surface area (Å²) in [6, 6.07) is 5.91. The first-order valence-corrected chi connectivity index (χ1v) is 8.97. The van der Waals surface area contributed by atoms with Crippen molar-refractivity contribution in [2.24, 2.45) is 21.2 Å². The average molecular weight is 350 g/mol. The zero-order valence-electron chi connectivity index (χ0n) is 13.9. The van der Waals surface area contributed by atoms with Crippen molar-refractivity contribution < 1.29 is 8.42 Å². The summed E-state index contributed by atoms with van der Waals surface area (Å²) < 4.78 is 27.7. The minimum Gasteiger partial charge on any atom is -0.384 e. The molecule has 9 heteroatoms. The molecule has 1 aromatic rings. The molecule has 1 aromatic carbocycles. The van der Waals surface area contributed by atoms with E-state index in [-0.39, 0.29) is 22.1 Å². The van der Waals surface area contributed by atoms with Crippen molar-refractivity contribution in [2.75, 3.05) is 13.1 Å². The van der Waals surface area contributed by atoms with Gasteiger partial charge in [0.2, 0.25) is 5.96 Å². The first kappa shape index (κ1) is 17.9. The van der Waals surface area contributed by atoms with Gasteiger partial charge in [0.1, 0.15) is 5.84 Å². The van der Waals surface area contributed by atoms with Gasteiger partial charge in [0.15, 0.2) is 0 Å². The Morgan fingerprint density at radius 2 is 2.21 bits per heavy atom. The Labute approximate surface area is 142 Å². The molecule has 0 aromatic heterocycles. The molecule has 0 fully saturated rings. The van der Waals surface area contributed by atoms with Crippen LogP contribution in [0.5, 0.6) is 0 Å². The molecule has 0 atom stereocenters. The Morgan fingerprint density at radius 1 is 1.50 bits per heavy atom. The van der Waals surface area contributed by atoms with Crippen molar-refractivity contribution in [1.82, 2.24) is 9.73 Å². The summed E-state index contributed by atoms with van der Waals surface area (Å²) in [5, 5.41) is 13.2. The Hall–Kier alpha value is -2.42. The number of nitrogens with zero attached hydrogens (tertiary/aromatic N) is 3. The van der Waals surface area contributed by atoms with Crippen LogP contribution in [0.3, 0.4) is 0 Å². The Balaban J connectivity index is 2.29. The predicted octanol–water partition coefficient (Wildman–Crippen LogP) is 0.952. The number of nitrogens with two attached hydrogens (primary N) is 1. The van der Waals surface area contributed by atoms with Gasteiger partial charge in [-0.3, -0.25) is 10.4 Å². The van der Waals surface area contributed by atoms with E-state index in [1.54, 1.807) is 18.3 Å². The Morgan fingerprint density at radius 3 is 2.75 bits per heavy atom. The number of rotatable bonds is 4. The lowest BCUT2D eigenvalue weighted by Gasteiger charge is -2.21. The van der Waals surface area contributed by atoms with Crippen LogP contribution in [0, 0.1) is 10.8 Å². The standard InChI is InChI=1S/C15H22N6O2S/c1-4-18-14(21-10-15(2,3)9-19-21)20-24(22,23)12-7-5-6-11(8-12)13(16)17/h5-9H,4,10H2,1-3H3,(H3,16,17)(H,18,20). The summed E-state index contributed by atoms with van der Waals surface area (Å²) >= 11 is 0. The van der Waals surface area contributed by atoms with E-state index in [2.05, 4.69) is 14.8 Å². The molecule has 0 bridgehead atoms. The number of aliphatic imine (C=N–C) groups is 1. The van der Waals surface area contributed by atoms with Gasteiger partial charge in [-0.2, -0.15) is 5.10 Å². The number of hydrazone groups is 1. The highest BCUT2D eigenvalue weighted by molar-refractivity contribution is 7.90. The van der Waals surface area contributed by atoms with Gasteiger partial charge in [0.25, 0.3) is 10.0 Å².